The van der Waals surface area contributed by atoms with E-state index in [1.807, 2.05) is 11.3 Å². The highest BCUT2D eigenvalue weighted by atomic mass is 32.1. The lowest BCUT2D eigenvalue weighted by molar-refractivity contribution is 0.793. The molecule has 1 spiro atoms. The van der Waals surface area contributed by atoms with Crippen LogP contribution in [-0.4, -0.2) is 0 Å². The highest BCUT2D eigenvalue weighted by molar-refractivity contribution is 7.26. The Bertz CT molecular complexity index is 3850. The zero-order valence-corrected chi connectivity index (χ0v) is 36.2. The number of thiophene rings is 1. The first kappa shape index (κ1) is 36.4. The van der Waals surface area contributed by atoms with Gasteiger partial charge in [0.05, 0.1) is 15.8 Å². The van der Waals surface area contributed by atoms with Crippen LogP contribution in [0.4, 0.5) is 17.1 Å². The third kappa shape index (κ3) is 5.26. The fourth-order valence-electron chi connectivity index (χ4n) is 11.4. The summed E-state index contributed by atoms with van der Waals surface area (Å²) < 4.78 is 2.58. The van der Waals surface area contributed by atoms with Crippen molar-refractivity contribution in [3.05, 3.63) is 259 Å². The summed E-state index contributed by atoms with van der Waals surface area (Å²) in [7, 11) is 0. The Kier molecular flexibility index (Phi) is 7.84. The van der Waals surface area contributed by atoms with E-state index in [0.29, 0.717) is 0 Å². The smallest absolute Gasteiger partial charge is 0.0726 e. The van der Waals surface area contributed by atoms with Crippen molar-refractivity contribution >= 4 is 70.1 Å². The normalized spacial score (nSPS) is 13.0. The number of hydrogen-bond acceptors (Lipinski definition) is 2. The number of fused-ring (bicyclic) bond motifs is 15. The molecule has 0 saturated carbocycles. The highest BCUT2D eigenvalue weighted by Crippen LogP contribution is 2.63. The topological polar surface area (TPSA) is 3.24 Å². The van der Waals surface area contributed by atoms with Crippen LogP contribution in [0.2, 0.25) is 0 Å². The summed E-state index contributed by atoms with van der Waals surface area (Å²) in [5, 5.41) is 7.59. The van der Waals surface area contributed by atoms with Crippen LogP contribution in [0.5, 0.6) is 0 Å². The van der Waals surface area contributed by atoms with Crippen molar-refractivity contribution in [2.45, 2.75) is 5.41 Å². The number of hydrogen-bond donors (Lipinski definition) is 0. The zero-order chi connectivity index (χ0) is 42.6. The Labute approximate surface area is 381 Å². The van der Waals surface area contributed by atoms with Gasteiger partial charge < -0.3 is 4.90 Å². The molecule has 0 amide bonds. The SMILES string of the molecule is c1ccc2c(c1)-c1ccccc1C21c2ccccc2-c2ccc(N(c3ccc(-c4ccc5cccc(-c6ccc7ccccc7c6)c5c4)cc3)c3cccc4c3sc3ccccc34)cc21. The van der Waals surface area contributed by atoms with Crippen molar-refractivity contribution in [1.82, 2.24) is 0 Å². The second kappa shape index (κ2) is 14.0. The molecule has 0 fully saturated rings. The van der Waals surface area contributed by atoms with Crippen LogP contribution in [0.15, 0.2) is 237 Å². The van der Waals surface area contributed by atoms with Gasteiger partial charge in [-0.3, -0.25) is 0 Å². The average Bonchev–Trinajstić information content (AvgIpc) is 4.01. The predicted octanol–water partition coefficient (Wildman–Crippen LogP) is 17.5. The maximum absolute atomic E-state index is 2.51. The molecule has 11 aromatic carbocycles. The average molecular weight is 842 g/mol. The van der Waals surface area contributed by atoms with Crippen molar-refractivity contribution in [2.75, 3.05) is 4.90 Å². The van der Waals surface area contributed by atoms with Crippen LogP contribution in [0.3, 0.4) is 0 Å². The Balaban J connectivity index is 0.953. The fraction of sp³-hybridized carbons (Fsp3) is 0.0159. The van der Waals surface area contributed by atoms with E-state index in [4.69, 9.17) is 0 Å². The van der Waals surface area contributed by atoms with Gasteiger partial charge in [-0.05, 0) is 137 Å². The molecule has 1 heterocycles. The molecule has 0 N–H and O–H groups in total. The van der Waals surface area contributed by atoms with Crippen molar-refractivity contribution in [3.63, 3.8) is 0 Å². The van der Waals surface area contributed by atoms with E-state index in [1.165, 1.54) is 114 Å². The summed E-state index contributed by atoms with van der Waals surface area (Å²) >= 11 is 1.88. The summed E-state index contributed by atoms with van der Waals surface area (Å²) in [5.74, 6) is 0. The van der Waals surface area contributed by atoms with E-state index in [0.717, 1.165) is 11.4 Å². The molecule has 0 saturated heterocycles. The minimum atomic E-state index is -0.434. The summed E-state index contributed by atoms with van der Waals surface area (Å²) in [4.78, 5) is 2.50. The molecule has 0 radical (unpaired) electrons. The molecule has 12 aromatic rings. The second-order valence-corrected chi connectivity index (χ2v) is 18.6. The minimum Gasteiger partial charge on any atom is -0.309 e. The molecule has 2 aliphatic rings. The van der Waals surface area contributed by atoms with Crippen molar-refractivity contribution < 1.29 is 0 Å². The van der Waals surface area contributed by atoms with Crippen LogP contribution in [0.1, 0.15) is 22.3 Å². The molecule has 0 atom stereocenters. The molecule has 1 nitrogen and oxygen atoms in total. The highest BCUT2D eigenvalue weighted by Gasteiger charge is 2.51. The second-order valence-electron chi connectivity index (χ2n) is 17.6. The molecule has 2 aliphatic carbocycles. The molecule has 14 rings (SSSR count). The third-order valence-electron chi connectivity index (χ3n) is 14.3. The van der Waals surface area contributed by atoms with Crippen molar-refractivity contribution in [3.8, 4) is 44.5 Å². The quantitative estimate of drug-likeness (QED) is 0.167. The molecule has 1 aromatic heterocycles. The van der Waals surface area contributed by atoms with Gasteiger partial charge in [0.15, 0.2) is 0 Å². The van der Waals surface area contributed by atoms with E-state index in [2.05, 4.69) is 241 Å². The standard InChI is InChI=1S/C63H39NS/c1-2-14-43-37-45(30-27-40(43)13-1)48-20-11-15-42-28-29-44(38-55(42)48)41-31-33-46(34-32-41)64(60-25-12-21-54-53-19-6-10-26-61(53)65-62(54)60)47-35-36-52-51-18-5-9-24-58(51)63(59(52)39-47)56-22-7-3-16-49(56)50-17-4-8-23-57(50)63/h1-39H. The summed E-state index contributed by atoms with van der Waals surface area (Å²) in [5.41, 5.74) is 18.5. The fourth-order valence-corrected chi connectivity index (χ4v) is 12.6. The molecular formula is C63H39NS. The van der Waals surface area contributed by atoms with Crippen LogP contribution >= 0.6 is 11.3 Å². The molecular weight excluding hydrogens is 803 g/mol. The van der Waals surface area contributed by atoms with Gasteiger partial charge in [-0.15, -0.1) is 11.3 Å². The number of anilines is 3. The van der Waals surface area contributed by atoms with Crippen LogP contribution in [0, 0.1) is 0 Å². The van der Waals surface area contributed by atoms with Gasteiger partial charge in [0.1, 0.15) is 0 Å². The van der Waals surface area contributed by atoms with Crippen LogP contribution in [0.25, 0.3) is 86.2 Å². The molecule has 0 aliphatic heterocycles. The van der Waals surface area contributed by atoms with E-state index >= 15 is 0 Å². The van der Waals surface area contributed by atoms with Crippen molar-refractivity contribution in [2.24, 2.45) is 0 Å². The first-order chi connectivity index (χ1) is 32.2. The van der Waals surface area contributed by atoms with Gasteiger partial charge >= 0.3 is 0 Å². The minimum absolute atomic E-state index is 0.434. The number of rotatable bonds is 5. The first-order valence-corrected chi connectivity index (χ1v) is 23.3. The molecule has 2 heteroatoms. The Morgan fingerprint density at radius 2 is 0.862 bits per heavy atom. The van der Waals surface area contributed by atoms with Gasteiger partial charge in [0, 0.05) is 26.8 Å². The largest absolute Gasteiger partial charge is 0.309 e. The molecule has 65 heavy (non-hydrogen) atoms. The van der Waals surface area contributed by atoms with E-state index < -0.39 is 5.41 Å². The molecule has 0 unspecified atom stereocenters. The Morgan fingerprint density at radius 1 is 0.308 bits per heavy atom. The van der Waals surface area contributed by atoms with Crippen molar-refractivity contribution in [1.29, 1.82) is 0 Å². The summed E-state index contributed by atoms with van der Waals surface area (Å²) in [6.45, 7) is 0. The predicted molar refractivity (Wildman–Crippen MR) is 276 cm³/mol. The lowest BCUT2D eigenvalue weighted by Gasteiger charge is -2.32. The van der Waals surface area contributed by atoms with Crippen LogP contribution in [-0.2, 0) is 5.41 Å². The lowest BCUT2D eigenvalue weighted by Crippen LogP contribution is -2.26. The number of benzene rings is 11. The van der Waals surface area contributed by atoms with Gasteiger partial charge in [0.25, 0.3) is 0 Å². The Morgan fingerprint density at radius 3 is 1.63 bits per heavy atom. The summed E-state index contributed by atoms with van der Waals surface area (Å²) in [6, 6.07) is 88.4. The van der Waals surface area contributed by atoms with E-state index in [1.54, 1.807) is 0 Å². The summed E-state index contributed by atoms with van der Waals surface area (Å²) in [6.07, 6.45) is 0. The monoisotopic (exact) mass is 841 g/mol. The van der Waals surface area contributed by atoms with E-state index in [-0.39, 0.29) is 0 Å². The van der Waals surface area contributed by atoms with Gasteiger partial charge in [-0.1, -0.05) is 188 Å². The number of nitrogens with zero attached hydrogens (tertiary/aromatic N) is 1. The van der Waals surface area contributed by atoms with Gasteiger partial charge in [-0.25, -0.2) is 0 Å². The zero-order valence-electron chi connectivity index (χ0n) is 35.4. The van der Waals surface area contributed by atoms with Gasteiger partial charge in [0.2, 0.25) is 0 Å². The first-order valence-electron chi connectivity index (χ1n) is 22.5. The van der Waals surface area contributed by atoms with Gasteiger partial charge in [-0.2, -0.15) is 0 Å². The van der Waals surface area contributed by atoms with Crippen LogP contribution < -0.4 is 4.90 Å². The maximum Gasteiger partial charge on any atom is 0.0726 e. The third-order valence-corrected chi connectivity index (χ3v) is 15.5. The molecule has 302 valence electrons. The lowest BCUT2D eigenvalue weighted by atomic mass is 9.70. The van der Waals surface area contributed by atoms with E-state index in [9.17, 15) is 0 Å². The molecule has 0 bridgehead atoms. The maximum atomic E-state index is 2.51. The Hall–Kier alpha value is -8.04.